The molecule has 1 aliphatic rings. The lowest BCUT2D eigenvalue weighted by atomic mass is 9.94. The fourth-order valence-electron chi connectivity index (χ4n) is 4.38. The van der Waals surface area contributed by atoms with Crippen LogP contribution < -0.4 is 15.0 Å². The first kappa shape index (κ1) is 25.6. The Kier molecular flexibility index (Phi) is 8.59. The van der Waals surface area contributed by atoms with Gasteiger partial charge in [-0.3, -0.25) is 4.79 Å². The van der Waals surface area contributed by atoms with Gasteiger partial charge in [-0.25, -0.2) is 4.79 Å². The zero-order chi connectivity index (χ0) is 24.7. The monoisotopic (exact) mass is 466 g/mol. The molecule has 1 aliphatic heterocycles. The second kappa shape index (κ2) is 11.4. The first-order chi connectivity index (χ1) is 16.2. The van der Waals surface area contributed by atoms with Crippen LogP contribution in [0.25, 0.3) is 0 Å². The van der Waals surface area contributed by atoms with Crippen molar-refractivity contribution in [3.8, 4) is 5.75 Å². The second-order valence-electron chi connectivity index (χ2n) is 10.1. The number of ether oxygens (including phenoxy) is 1. The van der Waals surface area contributed by atoms with Crippen LogP contribution in [-0.4, -0.2) is 35.7 Å². The van der Waals surface area contributed by atoms with E-state index >= 15 is 0 Å². The Hall–Kier alpha value is -3.02. The Labute approximate surface area is 203 Å². The molecule has 0 radical (unpaired) electrons. The van der Waals surface area contributed by atoms with Gasteiger partial charge in [0.2, 0.25) is 5.91 Å². The quantitative estimate of drug-likeness (QED) is 0.492. The van der Waals surface area contributed by atoms with Gasteiger partial charge in [0.25, 0.3) is 0 Å². The lowest BCUT2D eigenvalue weighted by molar-refractivity contribution is -0.152. The molecule has 0 aliphatic carbocycles. The number of para-hydroxylation sites is 1. The molecule has 1 amide bonds. The number of rotatable bonds is 10. The maximum Gasteiger partial charge on any atom is 0.347 e. The van der Waals surface area contributed by atoms with Crippen molar-refractivity contribution in [2.75, 3.05) is 18.0 Å². The molecule has 1 fully saturated rings. The number of hydrogen-bond donors (Lipinski definition) is 2. The molecule has 1 saturated heterocycles. The number of benzene rings is 2. The van der Waals surface area contributed by atoms with Gasteiger partial charge >= 0.3 is 5.97 Å². The summed E-state index contributed by atoms with van der Waals surface area (Å²) in [6, 6.07) is 15.5. The maximum atomic E-state index is 13.0. The van der Waals surface area contributed by atoms with Crippen LogP contribution >= 0.6 is 0 Å². The van der Waals surface area contributed by atoms with Crippen LogP contribution in [0, 0.1) is 5.92 Å². The molecule has 1 heterocycles. The summed E-state index contributed by atoms with van der Waals surface area (Å²) in [6.07, 6.45) is 4.82. The highest BCUT2D eigenvalue weighted by atomic mass is 16.5. The van der Waals surface area contributed by atoms with Gasteiger partial charge in [0.1, 0.15) is 5.75 Å². The zero-order valence-electron chi connectivity index (χ0n) is 20.8. The minimum absolute atomic E-state index is 0.0290. The number of nitrogens with zero attached hydrogens (tertiary/aromatic N) is 1. The number of carboxylic acid groups (broad SMARTS) is 1. The normalized spacial score (nSPS) is 15.1. The van der Waals surface area contributed by atoms with E-state index in [1.807, 2.05) is 12.1 Å². The van der Waals surface area contributed by atoms with Crippen LogP contribution in [-0.2, 0) is 16.0 Å². The number of aliphatic carboxylic acids is 1. The van der Waals surface area contributed by atoms with Crippen molar-refractivity contribution in [2.45, 2.75) is 71.4 Å². The van der Waals surface area contributed by atoms with Gasteiger partial charge in [0, 0.05) is 18.8 Å². The summed E-state index contributed by atoms with van der Waals surface area (Å²) >= 11 is 0. The number of carboxylic acids is 1. The predicted molar refractivity (Wildman–Crippen MR) is 135 cm³/mol. The van der Waals surface area contributed by atoms with Gasteiger partial charge in [0.15, 0.2) is 5.60 Å². The molecular weight excluding hydrogens is 428 g/mol. The molecule has 184 valence electrons. The molecule has 0 aromatic heterocycles. The van der Waals surface area contributed by atoms with E-state index in [0.717, 1.165) is 25.1 Å². The van der Waals surface area contributed by atoms with Gasteiger partial charge < -0.3 is 20.1 Å². The second-order valence-corrected chi connectivity index (χ2v) is 10.1. The largest absolute Gasteiger partial charge is 0.478 e. The highest BCUT2D eigenvalue weighted by molar-refractivity contribution is 5.79. The van der Waals surface area contributed by atoms with Crippen LogP contribution in [0.15, 0.2) is 48.5 Å². The van der Waals surface area contributed by atoms with E-state index in [2.05, 4.69) is 48.3 Å². The molecule has 0 bridgehead atoms. The Morgan fingerprint density at radius 3 is 2.29 bits per heavy atom. The summed E-state index contributed by atoms with van der Waals surface area (Å²) in [7, 11) is 0. The number of anilines is 1. The Morgan fingerprint density at radius 2 is 1.68 bits per heavy atom. The van der Waals surface area contributed by atoms with E-state index in [4.69, 9.17) is 4.74 Å². The molecule has 0 spiro atoms. The summed E-state index contributed by atoms with van der Waals surface area (Å²) in [6.45, 7) is 9.50. The number of amides is 1. The number of nitrogens with one attached hydrogen (secondary N) is 1. The Balaban J connectivity index is 1.70. The Bertz CT molecular complexity index is 963. The summed E-state index contributed by atoms with van der Waals surface area (Å²) < 4.78 is 5.56. The SMILES string of the molecule is CC(C)CC(NC(=O)Cc1ccc(OC(C)(C)C(=O)O)cc1)c1ccccc1N1CCCCC1. The van der Waals surface area contributed by atoms with Crippen molar-refractivity contribution >= 4 is 17.6 Å². The van der Waals surface area contributed by atoms with E-state index in [-0.39, 0.29) is 18.4 Å². The van der Waals surface area contributed by atoms with Crippen LogP contribution in [0.1, 0.15) is 70.5 Å². The molecule has 1 atom stereocenters. The summed E-state index contributed by atoms with van der Waals surface area (Å²) in [5.41, 5.74) is 1.96. The average molecular weight is 467 g/mol. The molecule has 2 N–H and O–H groups in total. The lowest BCUT2D eigenvalue weighted by Gasteiger charge is -2.33. The van der Waals surface area contributed by atoms with Crippen molar-refractivity contribution in [3.63, 3.8) is 0 Å². The molecule has 2 aromatic carbocycles. The standard InChI is InChI=1S/C28H38N2O4/c1-20(2)18-24(23-10-6-7-11-25(23)30-16-8-5-9-17-30)29-26(31)19-21-12-14-22(15-13-21)34-28(3,4)27(32)33/h6-7,10-15,20,24H,5,8-9,16-19H2,1-4H3,(H,29,31)(H,32,33). The van der Waals surface area contributed by atoms with Gasteiger partial charge in [-0.1, -0.05) is 44.2 Å². The van der Waals surface area contributed by atoms with Gasteiger partial charge in [-0.05, 0) is 74.8 Å². The maximum absolute atomic E-state index is 13.0. The molecule has 0 saturated carbocycles. The average Bonchev–Trinajstić information content (AvgIpc) is 2.80. The highest BCUT2D eigenvalue weighted by Crippen LogP contribution is 2.32. The number of piperidine rings is 1. The first-order valence-corrected chi connectivity index (χ1v) is 12.3. The smallest absolute Gasteiger partial charge is 0.347 e. The van der Waals surface area contributed by atoms with Crippen LogP contribution in [0.3, 0.4) is 0 Å². The van der Waals surface area contributed by atoms with Gasteiger partial charge in [0.05, 0.1) is 12.5 Å². The minimum atomic E-state index is -1.31. The highest BCUT2D eigenvalue weighted by Gasteiger charge is 2.29. The van der Waals surface area contributed by atoms with E-state index in [0.29, 0.717) is 11.7 Å². The summed E-state index contributed by atoms with van der Waals surface area (Å²) in [5, 5.41) is 12.5. The van der Waals surface area contributed by atoms with Gasteiger partial charge in [-0.15, -0.1) is 0 Å². The van der Waals surface area contributed by atoms with Gasteiger partial charge in [-0.2, -0.15) is 0 Å². The fraction of sp³-hybridized carbons (Fsp3) is 0.500. The molecule has 1 unspecified atom stereocenters. The van der Waals surface area contributed by atoms with Crippen molar-refractivity contribution in [3.05, 3.63) is 59.7 Å². The Morgan fingerprint density at radius 1 is 1.03 bits per heavy atom. The first-order valence-electron chi connectivity index (χ1n) is 12.3. The number of carbonyl (C=O) groups excluding carboxylic acids is 1. The van der Waals surface area contributed by atoms with Crippen LogP contribution in [0.5, 0.6) is 5.75 Å². The number of carbonyl (C=O) groups is 2. The molecule has 34 heavy (non-hydrogen) atoms. The molecular formula is C28H38N2O4. The summed E-state index contributed by atoms with van der Waals surface area (Å²) in [4.78, 5) is 26.8. The minimum Gasteiger partial charge on any atom is -0.478 e. The van der Waals surface area contributed by atoms with Crippen molar-refractivity contribution < 1.29 is 19.4 Å². The zero-order valence-corrected chi connectivity index (χ0v) is 20.8. The van der Waals surface area contributed by atoms with E-state index in [1.165, 1.54) is 44.4 Å². The third kappa shape index (κ3) is 6.99. The van der Waals surface area contributed by atoms with Crippen molar-refractivity contribution in [2.24, 2.45) is 5.92 Å². The van der Waals surface area contributed by atoms with E-state index < -0.39 is 11.6 Å². The van der Waals surface area contributed by atoms with E-state index in [1.54, 1.807) is 12.1 Å². The lowest BCUT2D eigenvalue weighted by Crippen LogP contribution is -2.37. The molecule has 6 heteroatoms. The molecule has 6 nitrogen and oxygen atoms in total. The summed E-state index contributed by atoms with van der Waals surface area (Å²) in [5.74, 6) is -0.158. The fourth-order valence-corrected chi connectivity index (χ4v) is 4.38. The molecule has 2 aromatic rings. The topological polar surface area (TPSA) is 78.9 Å². The van der Waals surface area contributed by atoms with Crippen molar-refractivity contribution in [1.29, 1.82) is 0 Å². The number of hydrogen-bond acceptors (Lipinski definition) is 4. The third-order valence-corrected chi connectivity index (χ3v) is 6.23. The van der Waals surface area contributed by atoms with Crippen LogP contribution in [0.4, 0.5) is 5.69 Å². The van der Waals surface area contributed by atoms with E-state index in [9.17, 15) is 14.7 Å². The third-order valence-electron chi connectivity index (χ3n) is 6.23. The van der Waals surface area contributed by atoms with Crippen LogP contribution in [0.2, 0.25) is 0 Å². The molecule has 3 rings (SSSR count). The predicted octanol–water partition coefficient (Wildman–Crippen LogP) is 5.37. The van der Waals surface area contributed by atoms with Crippen molar-refractivity contribution in [1.82, 2.24) is 5.32 Å².